The van der Waals surface area contributed by atoms with E-state index in [0.717, 1.165) is 60.7 Å². The van der Waals surface area contributed by atoms with Gasteiger partial charge in [-0.05, 0) is 69.1 Å². The van der Waals surface area contributed by atoms with E-state index in [0.29, 0.717) is 24.6 Å². The summed E-state index contributed by atoms with van der Waals surface area (Å²) in [5.41, 5.74) is 5.70. The topological polar surface area (TPSA) is 76.4 Å². The molecule has 0 N–H and O–H groups in total. The Bertz CT molecular complexity index is 1170. The lowest BCUT2D eigenvalue weighted by molar-refractivity contribution is 0.0746. The van der Waals surface area contributed by atoms with Gasteiger partial charge in [0.25, 0.3) is 11.9 Å². The molecule has 8 heteroatoms. The summed E-state index contributed by atoms with van der Waals surface area (Å²) in [5.74, 6) is 1.32. The van der Waals surface area contributed by atoms with E-state index in [9.17, 15) is 4.79 Å². The van der Waals surface area contributed by atoms with Crippen LogP contribution in [0.3, 0.4) is 0 Å². The fourth-order valence-electron chi connectivity index (χ4n) is 4.52. The first-order valence-corrected chi connectivity index (χ1v) is 12.1. The number of nitrogens with zero attached hydrogens (tertiary/aromatic N) is 6. The lowest BCUT2D eigenvalue weighted by Gasteiger charge is -2.25. The number of carbonyl (C=O) groups is 1. The first-order chi connectivity index (χ1) is 16.5. The minimum Gasteiger partial charge on any atom is -0.497 e. The minimum absolute atomic E-state index is 0.00573. The maximum Gasteiger partial charge on any atom is 0.257 e. The molecule has 1 aromatic carbocycles. The van der Waals surface area contributed by atoms with Crippen LogP contribution >= 0.6 is 0 Å². The molecule has 3 aromatic rings. The molecule has 0 bridgehead atoms. The van der Waals surface area contributed by atoms with E-state index in [1.54, 1.807) is 18.0 Å². The third kappa shape index (κ3) is 4.55. The van der Waals surface area contributed by atoms with Crippen molar-refractivity contribution in [2.24, 2.45) is 0 Å². The van der Waals surface area contributed by atoms with Crippen LogP contribution < -0.4 is 4.74 Å². The van der Waals surface area contributed by atoms with E-state index >= 15 is 0 Å². The van der Waals surface area contributed by atoms with Gasteiger partial charge in [0.15, 0.2) is 0 Å². The zero-order valence-corrected chi connectivity index (χ0v) is 20.8. The lowest BCUT2D eigenvalue weighted by Crippen LogP contribution is -2.38. The van der Waals surface area contributed by atoms with E-state index < -0.39 is 0 Å². The van der Waals surface area contributed by atoms with Crippen LogP contribution in [0.4, 0.5) is 0 Å². The number of aryl methyl sites for hydroxylation is 2. The van der Waals surface area contributed by atoms with Crippen molar-refractivity contribution >= 4 is 5.91 Å². The summed E-state index contributed by atoms with van der Waals surface area (Å²) in [6, 6.07) is 6.10. The number of ether oxygens (including phenoxy) is 1. The van der Waals surface area contributed by atoms with Crippen LogP contribution in [-0.4, -0.2) is 75.3 Å². The SMILES string of the molecule is CCN(CC)CCN(CC)C(=O)c1cnn(-c2ncc3c(n2)-c2ccc(OC)cc2CC3)c1C. The lowest BCUT2D eigenvalue weighted by atomic mass is 9.90. The van der Waals surface area contributed by atoms with Gasteiger partial charge in [-0.25, -0.2) is 14.6 Å². The molecular formula is C26H34N6O2. The van der Waals surface area contributed by atoms with Crippen LogP contribution in [0, 0.1) is 6.92 Å². The van der Waals surface area contributed by atoms with Crippen molar-refractivity contribution in [1.29, 1.82) is 0 Å². The van der Waals surface area contributed by atoms with Crippen LogP contribution in [0.2, 0.25) is 0 Å². The number of hydrogen-bond donors (Lipinski definition) is 0. The number of benzene rings is 1. The summed E-state index contributed by atoms with van der Waals surface area (Å²) >= 11 is 0. The number of likely N-dealkylation sites (N-methyl/N-ethyl adjacent to an activating group) is 2. The molecule has 180 valence electrons. The van der Waals surface area contributed by atoms with E-state index in [1.807, 2.05) is 31.0 Å². The first kappa shape index (κ1) is 23.9. The molecule has 0 saturated heterocycles. The molecule has 2 aromatic heterocycles. The standard InChI is InChI=1S/C26H34N6O2/c1-6-30(7-2)13-14-31(8-3)25(33)23-17-28-32(18(23)4)26-27-16-20-10-9-19-15-21(34-5)11-12-22(19)24(20)29-26/h11-12,15-17H,6-10,13-14H2,1-5H3. The van der Waals surface area contributed by atoms with Gasteiger partial charge in [-0.1, -0.05) is 13.8 Å². The van der Waals surface area contributed by atoms with Gasteiger partial charge in [0.1, 0.15) is 5.75 Å². The maximum absolute atomic E-state index is 13.3. The zero-order chi connectivity index (χ0) is 24.2. The number of rotatable bonds is 9. The van der Waals surface area contributed by atoms with E-state index in [4.69, 9.17) is 9.72 Å². The number of hydrogen-bond acceptors (Lipinski definition) is 6. The molecule has 8 nitrogen and oxygen atoms in total. The van der Waals surface area contributed by atoms with E-state index in [2.05, 4.69) is 41.0 Å². The summed E-state index contributed by atoms with van der Waals surface area (Å²) in [6.45, 7) is 12.4. The fourth-order valence-corrected chi connectivity index (χ4v) is 4.52. The highest BCUT2D eigenvalue weighted by atomic mass is 16.5. The Kier molecular flexibility index (Phi) is 7.26. The van der Waals surface area contributed by atoms with Gasteiger partial charge in [-0.3, -0.25) is 4.79 Å². The van der Waals surface area contributed by atoms with Crippen molar-refractivity contribution in [2.75, 3.05) is 39.8 Å². The van der Waals surface area contributed by atoms with Gasteiger partial charge in [-0.2, -0.15) is 5.10 Å². The summed E-state index contributed by atoms with van der Waals surface area (Å²) in [4.78, 5) is 26.9. The molecule has 4 rings (SSSR count). The van der Waals surface area contributed by atoms with Crippen LogP contribution in [-0.2, 0) is 12.8 Å². The molecule has 1 amide bonds. The maximum atomic E-state index is 13.3. The highest BCUT2D eigenvalue weighted by molar-refractivity contribution is 5.95. The van der Waals surface area contributed by atoms with Gasteiger partial charge < -0.3 is 14.5 Å². The monoisotopic (exact) mass is 462 g/mol. The highest BCUT2D eigenvalue weighted by Crippen LogP contribution is 2.34. The molecule has 2 heterocycles. The van der Waals surface area contributed by atoms with Crippen molar-refractivity contribution in [3.05, 3.63) is 53.0 Å². The second-order valence-electron chi connectivity index (χ2n) is 8.53. The normalized spacial score (nSPS) is 12.4. The fraction of sp³-hybridized carbons (Fsp3) is 0.462. The molecule has 0 fully saturated rings. The molecule has 1 aliphatic carbocycles. The Morgan fingerprint density at radius 1 is 1.06 bits per heavy atom. The molecule has 0 aliphatic heterocycles. The van der Waals surface area contributed by atoms with Crippen LogP contribution in [0.5, 0.6) is 5.75 Å². The second-order valence-corrected chi connectivity index (χ2v) is 8.53. The molecule has 0 atom stereocenters. The third-order valence-electron chi connectivity index (χ3n) is 6.76. The van der Waals surface area contributed by atoms with Gasteiger partial charge >= 0.3 is 0 Å². The number of aromatic nitrogens is 4. The quantitative estimate of drug-likeness (QED) is 0.484. The second kappa shape index (κ2) is 10.3. The Balaban J connectivity index is 1.61. The van der Waals surface area contributed by atoms with Crippen molar-refractivity contribution < 1.29 is 9.53 Å². The zero-order valence-electron chi connectivity index (χ0n) is 20.8. The van der Waals surface area contributed by atoms with Crippen LogP contribution in [0.1, 0.15) is 48.0 Å². The Morgan fingerprint density at radius 3 is 2.53 bits per heavy atom. The van der Waals surface area contributed by atoms with Gasteiger partial charge in [0.2, 0.25) is 0 Å². The van der Waals surface area contributed by atoms with Crippen molar-refractivity contribution in [2.45, 2.75) is 40.5 Å². The van der Waals surface area contributed by atoms with E-state index in [1.165, 1.54) is 5.56 Å². The average Bonchev–Trinajstić information content (AvgIpc) is 3.26. The van der Waals surface area contributed by atoms with E-state index in [-0.39, 0.29) is 5.91 Å². The van der Waals surface area contributed by atoms with Crippen LogP contribution in [0.15, 0.2) is 30.6 Å². The number of carbonyl (C=O) groups excluding carboxylic acids is 1. The molecular weight excluding hydrogens is 428 g/mol. The highest BCUT2D eigenvalue weighted by Gasteiger charge is 2.23. The summed E-state index contributed by atoms with van der Waals surface area (Å²) in [6.07, 6.45) is 5.34. The molecule has 0 saturated carbocycles. The van der Waals surface area contributed by atoms with Crippen molar-refractivity contribution in [1.82, 2.24) is 29.5 Å². The molecule has 1 aliphatic rings. The first-order valence-electron chi connectivity index (χ1n) is 12.1. The molecule has 34 heavy (non-hydrogen) atoms. The number of amides is 1. The predicted octanol–water partition coefficient (Wildman–Crippen LogP) is 3.55. The predicted molar refractivity (Wildman–Crippen MR) is 133 cm³/mol. The summed E-state index contributed by atoms with van der Waals surface area (Å²) in [5, 5.41) is 4.50. The van der Waals surface area contributed by atoms with Crippen LogP contribution in [0.25, 0.3) is 17.2 Å². The Labute approximate surface area is 201 Å². The average molecular weight is 463 g/mol. The number of fused-ring (bicyclic) bond motifs is 3. The van der Waals surface area contributed by atoms with Crippen molar-refractivity contribution in [3.63, 3.8) is 0 Å². The Hall–Kier alpha value is -3.26. The molecule has 0 unspecified atom stereocenters. The number of methoxy groups -OCH3 is 1. The van der Waals surface area contributed by atoms with Crippen molar-refractivity contribution in [3.8, 4) is 23.0 Å². The third-order valence-corrected chi connectivity index (χ3v) is 6.76. The smallest absolute Gasteiger partial charge is 0.257 e. The van der Waals surface area contributed by atoms with Gasteiger partial charge in [0, 0.05) is 31.4 Å². The molecule has 0 radical (unpaired) electrons. The largest absolute Gasteiger partial charge is 0.497 e. The minimum atomic E-state index is -0.00573. The Morgan fingerprint density at radius 2 is 1.82 bits per heavy atom. The van der Waals surface area contributed by atoms with Gasteiger partial charge in [-0.15, -0.1) is 0 Å². The van der Waals surface area contributed by atoms with Gasteiger partial charge in [0.05, 0.1) is 30.3 Å². The molecule has 0 spiro atoms. The summed E-state index contributed by atoms with van der Waals surface area (Å²) in [7, 11) is 1.68. The summed E-state index contributed by atoms with van der Waals surface area (Å²) < 4.78 is 7.06.